The van der Waals surface area contributed by atoms with E-state index in [-0.39, 0.29) is 11.3 Å². The van der Waals surface area contributed by atoms with E-state index >= 15 is 0 Å². The first-order valence-corrected chi connectivity index (χ1v) is 5.29. The standard InChI is InChI=1S/C11H19N3O/c1-10(2,9(13)15)7-14-8-11(3-4-11)5-6-12/h14H,3-5,7-8H2,1-2H3,(H2,13,15). The van der Waals surface area contributed by atoms with E-state index in [4.69, 9.17) is 11.0 Å². The minimum Gasteiger partial charge on any atom is -0.369 e. The van der Waals surface area contributed by atoms with E-state index in [2.05, 4.69) is 11.4 Å². The molecule has 3 N–H and O–H groups in total. The lowest BCUT2D eigenvalue weighted by atomic mass is 9.92. The van der Waals surface area contributed by atoms with Crippen molar-refractivity contribution < 1.29 is 4.79 Å². The lowest BCUT2D eigenvalue weighted by molar-refractivity contribution is -0.125. The predicted molar refractivity (Wildman–Crippen MR) is 57.7 cm³/mol. The Labute approximate surface area is 90.8 Å². The highest BCUT2D eigenvalue weighted by atomic mass is 16.1. The number of nitrogens with one attached hydrogen (secondary N) is 1. The molecule has 0 saturated heterocycles. The minimum absolute atomic E-state index is 0.183. The van der Waals surface area contributed by atoms with E-state index in [1.165, 1.54) is 0 Å². The molecular weight excluding hydrogens is 190 g/mol. The zero-order valence-corrected chi connectivity index (χ0v) is 9.47. The van der Waals surface area contributed by atoms with Crippen LogP contribution in [0.4, 0.5) is 0 Å². The third-order valence-corrected chi connectivity index (χ3v) is 3.15. The molecule has 0 spiro atoms. The van der Waals surface area contributed by atoms with E-state index in [0.29, 0.717) is 13.0 Å². The van der Waals surface area contributed by atoms with Crippen LogP contribution in [0, 0.1) is 22.2 Å². The molecule has 1 rings (SSSR count). The van der Waals surface area contributed by atoms with E-state index in [1.807, 2.05) is 13.8 Å². The fourth-order valence-corrected chi connectivity index (χ4v) is 1.49. The van der Waals surface area contributed by atoms with Gasteiger partial charge in [-0.15, -0.1) is 0 Å². The van der Waals surface area contributed by atoms with Gasteiger partial charge in [-0.1, -0.05) is 0 Å². The van der Waals surface area contributed by atoms with Gasteiger partial charge in [0.2, 0.25) is 5.91 Å². The first kappa shape index (κ1) is 12.0. The van der Waals surface area contributed by atoms with Crippen LogP contribution in [-0.4, -0.2) is 19.0 Å². The van der Waals surface area contributed by atoms with Gasteiger partial charge < -0.3 is 11.1 Å². The number of nitrogens with two attached hydrogens (primary N) is 1. The van der Waals surface area contributed by atoms with Gasteiger partial charge in [0, 0.05) is 19.5 Å². The molecule has 0 aromatic heterocycles. The highest BCUT2D eigenvalue weighted by molar-refractivity contribution is 5.80. The summed E-state index contributed by atoms with van der Waals surface area (Å²) in [5, 5.41) is 11.9. The average molecular weight is 209 g/mol. The maximum atomic E-state index is 11.0. The summed E-state index contributed by atoms with van der Waals surface area (Å²) in [5.41, 5.74) is 4.93. The zero-order chi connectivity index (χ0) is 11.5. The molecule has 1 aliphatic carbocycles. The third-order valence-electron chi connectivity index (χ3n) is 3.15. The number of primary amides is 1. The van der Waals surface area contributed by atoms with Crippen molar-refractivity contribution in [1.82, 2.24) is 5.32 Å². The number of carbonyl (C=O) groups is 1. The van der Waals surface area contributed by atoms with Gasteiger partial charge in [0.15, 0.2) is 0 Å². The molecule has 4 nitrogen and oxygen atoms in total. The first-order chi connectivity index (χ1) is 6.92. The van der Waals surface area contributed by atoms with Crippen molar-refractivity contribution in [2.24, 2.45) is 16.6 Å². The monoisotopic (exact) mass is 209 g/mol. The molecule has 15 heavy (non-hydrogen) atoms. The normalized spacial score (nSPS) is 18.2. The van der Waals surface area contributed by atoms with Crippen molar-refractivity contribution in [3.63, 3.8) is 0 Å². The molecule has 84 valence electrons. The summed E-state index contributed by atoms with van der Waals surface area (Å²) in [6, 6.07) is 2.21. The first-order valence-electron chi connectivity index (χ1n) is 5.29. The Balaban J connectivity index is 2.28. The second-order valence-electron chi connectivity index (χ2n) is 5.19. The molecule has 1 saturated carbocycles. The summed E-state index contributed by atoms with van der Waals surface area (Å²) in [7, 11) is 0. The van der Waals surface area contributed by atoms with Gasteiger partial charge in [0.1, 0.15) is 0 Å². The minimum atomic E-state index is -0.511. The molecular formula is C11H19N3O. The van der Waals surface area contributed by atoms with Crippen LogP contribution < -0.4 is 11.1 Å². The molecule has 0 aromatic carbocycles. The fraction of sp³-hybridized carbons (Fsp3) is 0.818. The quantitative estimate of drug-likeness (QED) is 0.678. The Hall–Kier alpha value is -1.08. The van der Waals surface area contributed by atoms with Crippen LogP contribution in [0.25, 0.3) is 0 Å². The van der Waals surface area contributed by atoms with Crippen molar-refractivity contribution >= 4 is 5.91 Å². The molecule has 0 bridgehead atoms. The van der Waals surface area contributed by atoms with Gasteiger partial charge >= 0.3 is 0 Å². The largest absolute Gasteiger partial charge is 0.369 e. The molecule has 0 aliphatic heterocycles. The number of hydrogen-bond acceptors (Lipinski definition) is 3. The van der Waals surface area contributed by atoms with E-state index in [0.717, 1.165) is 19.4 Å². The van der Waals surface area contributed by atoms with E-state index in [1.54, 1.807) is 0 Å². The molecule has 0 radical (unpaired) electrons. The molecule has 4 heteroatoms. The molecule has 0 atom stereocenters. The van der Waals surface area contributed by atoms with Crippen LogP contribution in [0.2, 0.25) is 0 Å². The molecule has 1 amide bonds. The topological polar surface area (TPSA) is 78.9 Å². The summed E-state index contributed by atoms with van der Waals surface area (Å²) in [6.45, 7) is 5.05. The van der Waals surface area contributed by atoms with Gasteiger partial charge in [-0.2, -0.15) is 5.26 Å². The summed E-state index contributed by atoms with van der Waals surface area (Å²) in [5.74, 6) is -0.292. The van der Waals surface area contributed by atoms with Crippen LogP contribution in [0.5, 0.6) is 0 Å². The van der Waals surface area contributed by atoms with Gasteiger partial charge in [-0.3, -0.25) is 4.79 Å². The fourth-order valence-electron chi connectivity index (χ4n) is 1.49. The summed E-state index contributed by atoms with van der Waals surface area (Å²) in [6.07, 6.45) is 2.84. The molecule has 0 aromatic rings. The second kappa shape index (κ2) is 4.19. The Bertz CT molecular complexity index is 287. The number of nitrogens with zero attached hydrogens (tertiary/aromatic N) is 1. The number of carbonyl (C=O) groups excluding carboxylic acids is 1. The van der Waals surface area contributed by atoms with E-state index < -0.39 is 5.41 Å². The van der Waals surface area contributed by atoms with Crippen molar-refractivity contribution in [3.8, 4) is 6.07 Å². The van der Waals surface area contributed by atoms with Gasteiger partial charge in [0.05, 0.1) is 11.5 Å². The Kier molecular flexibility index (Phi) is 3.35. The van der Waals surface area contributed by atoms with Crippen molar-refractivity contribution in [2.45, 2.75) is 33.1 Å². The van der Waals surface area contributed by atoms with Crippen molar-refractivity contribution in [2.75, 3.05) is 13.1 Å². The van der Waals surface area contributed by atoms with Crippen LogP contribution in [0.1, 0.15) is 33.1 Å². The lowest BCUT2D eigenvalue weighted by Gasteiger charge is -2.22. The van der Waals surface area contributed by atoms with Crippen LogP contribution in [-0.2, 0) is 4.79 Å². The smallest absolute Gasteiger partial charge is 0.224 e. The van der Waals surface area contributed by atoms with Gasteiger partial charge in [0.25, 0.3) is 0 Å². The van der Waals surface area contributed by atoms with Crippen molar-refractivity contribution in [1.29, 1.82) is 5.26 Å². The molecule has 1 fully saturated rings. The second-order valence-corrected chi connectivity index (χ2v) is 5.19. The highest BCUT2D eigenvalue weighted by Gasteiger charge is 2.42. The van der Waals surface area contributed by atoms with Crippen LogP contribution >= 0.6 is 0 Å². The SMILES string of the molecule is CC(C)(CNCC1(CC#N)CC1)C(N)=O. The maximum absolute atomic E-state index is 11.0. The number of amides is 1. The predicted octanol–water partition coefficient (Wildman–Crippen LogP) is 0.781. The third kappa shape index (κ3) is 3.21. The molecule has 0 unspecified atom stereocenters. The van der Waals surface area contributed by atoms with Crippen LogP contribution in [0.3, 0.4) is 0 Å². The number of hydrogen-bond donors (Lipinski definition) is 2. The van der Waals surface area contributed by atoms with Gasteiger partial charge in [-0.25, -0.2) is 0 Å². The lowest BCUT2D eigenvalue weighted by Crippen LogP contribution is -2.41. The Morgan fingerprint density at radius 1 is 1.60 bits per heavy atom. The number of rotatable bonds is 6. The summed E-state index contributed by atoms with van der Waals surface area (Å²) >= 11 is 0. The Morgan fingerprint density at radius 2 is 2.20 bits per heavy atom. The summed E-state index contributed by atoms with van der Waals surface area (Å²) in [4.78, 5) is 11.0. The van der Waals surface area contributed by atoms with E-state index in [9.17, 15) is 4.79 Å². The molecule has 0 heterocycles. The van der Waals surface area contributed by atoms with Crippen molar-refractivity contribution in [3.05, 3.63) is 0 Å². The van der Waals surface area contributed by atoms with Gasteiger partial charge in [-0.05, 0) is 32.1 Å². The Morgan fingerprint density at radius 3 is 2.60 bits per heavy atom. The maximum Gasteiger partial charge on any atom is 0.224 e. The highest BCUT2D eigenvalue weighted by Crippen LogP contribution is 2.47. The van der Waals surface area contributed by atoms with Crippen LogP contribution in [0.15, 0.2) is 0 Å². The summed E-state index contributed by atoms with van der Waals surface area (Å²) < 4.78 is 0. The number of nitriles is 1. The average Bonchev–Trinajstić information content (AvgIpc) is 2.85. The molecule has 1 aliphatic rings. The zero-order valence-electron chi connectivity index (χ0n) is 9.47.